The van der Waals surface area contributed by atoms with Crippen LogP contribution < -0.4 is 4.74 Å². The summed E-state index contributed by atoms with van der Waals surface area (Å²) < 4.78 is 16.8. The van der Waals surface area contributed by atoms with Crippen LogP contribution in [0.1, 0.15) is 37.4 Å². The highest BCUT2D eigenvalue weighted by atomic mass is 79.9. The lowest BCUT2D eigenvalue weighted by Gasteiger charge is -2.19. The van der Waals surface area contributed by atoms with Crippen molar-refractivity contribution < 1.29 is 23.8 Å². The van der Waals surface area contributed by atoms with Crippen LogP contribution in [0.3, 0.4) is 0 Å². The van der Waals surface area contributed by atoms with Gasteiger partial charge in [-0.15, -0.1) is 11.3 Å². The normalized spacial score (nSPS) is 11.1. The van der Waals surface area contributed by atoms with Gasteiger partial charge in [-0.1, -0.05) is 0 Å². The third-order valence-corrected chi connectivity index (χ3v) is 5.36. The van der Waals surface area contributed by atoms with Gasteiger partial charge >= 0.3 is 11.9 Å². The lowest BCUT2D eigenvalue weighted by atomic mass is 10.2. The van der Waals surface area contributed by atoms with Crippen LogP contribution in [0.25, 0.3) is 0 Å². The number of thiophene rings is 1. The number of hydrogen-bond acceptors (Lipinski definition) is 6. The van der Waals surface area contributed by atoms with Gasteiger partial charge in [0.2, 0.25) is 0 Å². The SMILES string of the molecule is CCOC(=O)c1sc(Br)c(Br)c1OCC(=O)OC(C)(C)C. The summed E-state index contributed by atoms with van der Waals surface area (Å²) in [6.07, 6.45) is 0. The standard InChI is InChI=1S/C13H16Br2O5S/c1-5-18-12(17)10-9(8(14)11(15)21-10)19-6-7(16)20-13(2,3)4/h5-6H2,1-4H3. The zero-order chi connectivity index (χ0) is 16.2. The van der Waals surface area contributed by atoms with E-state index in [4.69, 9.17) is 14.2 Å². The van der Waals surface area contributed by atoms with Gasteiger partial charge in [0.25, 0.3) is 0 Å². The molecule has 1 aromatic heterocycles. The highest BCUT2D eigenvalue weighted by Crippen LogP contribution is 2.43. The van der Waals surface area contributed by atoms with Crippen LogP contribution in [0.4, 0.5) is 0 Å². The summed E-state index contributed by atoms with van der Waals surface area (Å²) in [6.45, 7) is 7.00. The van der Waals surface area contributed by atoms with Crippen LogP contribution in [0.15, 0.2) is 8.26 Å². The minimum Gasteiger partial charge on any atom is -0.479 e. The van der Waals surface area contributed by atoms with Crippen molar-refractivity contribution >= 4 is 55.1 Å². The van der Waals surface area contributed by atoms with E-state index in [0.29, 0.717) is 13.1 Å². The monoisotopic (exact) mass is 442 g/mol. The Kier molecular flexibility index (Phi) is 6.68. The van der Waals surface area contributed by atoms with Crippen LogP contribution in [-0.2, 0) is 14.3 Å². The second kappa shape index (κ2) is 7.60. The molecule has 0 saturated carbocycles. The summed E-state index contributed by atoms with van der Waals surface area (Å²) in [7, 11) is 0. The highest BCUT2D eigenvalue weighted by molar-refractivity contribution is 9.13. The van der Waals surface area contributed by atoms with Gasteiger partial charge in [0.15, 0.2) is 17.2 Å². The number of halogens is 2. The number of carbonyl (C=O) groups excluding carboxylic acids is 2. The van der Waals surface area contributed by atoms with E-state index >= 15 is 0 Å². The van der Waals surface area contributed by atoms with Gasteiger partial charge in [0.1, 0.15) is 5.60 Å². The molecule has 118 valence electrons. The minimum absolute atomic E-state index is 0.261. The molecule has 1 aromatic rings. The van der Waals surface area contributed by atoms with Gasteiger partial charge < -0.3 is 14.2 Å². The van der Waals surface area contributed by atoms with Crippen LogP contribution in [0, 0.1) is 0 Å². The summed E-state index contributed by atoms with van der Waals surface area (Å²) in [4.78, 5) is 23.8. The van der Waals surface area contributed by atoms with Crippen molar-refractivity contribution in [2.45, 2.75) is 33.3 Å². The lowest BCUT2D eigenvalue weighted by molar-refractivity contribution is -0.157. The van der Waals surface area contributed by atoms with Crippen molar-refractivity contribution in [1.82, 2.24) is 0 Å². The molecule has 0 aliphatic heterocycles. The molecule has 0 N–H and O–H groups in total. The Labute approximate surface area is 144 Å². The van der Waals surface area contributed by atoms with E-state index in [9.17, 15) is 9.59 Å². The van der Waals surface area contributed by atoms with Crippen molar-refractivity contribution in [3.05, 3.63) is 13.1 Å². The molecule has 0 aromatic carbocycles. The van der Waals surface area contributed by atoms with Crippen LogP contribution >= 0.6 is 43.2 Å². The first-order chi connectivity index (χ1) is 9.65. The third kappa shape index (κ3) is 5.60. The number of rotatable bonds is 5. The van der Waals surface area contributed by atoms with Gasteiger partial charge in [-0.25, -0.2) is 9.59 Å². The molecular weight excluding hydrogens is 428 g/mol. The first-order valence-electron chi connectivity index (χ1n) is 6.15. The Bertz CT molecular complexity index is 533. The molecule has 0 radical (unpaired) electrons. The Morgan fingerprint density at radius 2 is 1.86 bits per heavy atom. The molecule has 1 rings (SSSR count). The van der Waals surface area contributed by atoms with Crippen molar-refractivity contribution in [3.8, 4) is 5.75 Å². The van der Waals surface area contributed by atoms with E-state index in [1.54, 1.807) is 27.7 Å². The van der Waals surface area contributed by atoms with Gasteiger partial charge in [-0.2, -0.15) is 0 Å². The molecule has 0 amide bonds. The number of esters is 2. The fourth-order valence-electron chi connectivity index (χ4n) is 1.33. The Balaban J connectivity index is 2.83. The van der Waals surface area contributed by atoms with E-state index in [1.165, 1.54) is 11.3 Å². The average molecular weight is 444 g/mol. The summed E-state index contributed by atoms with van der Waals surface area (Å²) in [5.74, 6) is -0.726. The van der Waals surface area contributed by atoms with Gasteiger partial charge in [-0.3, -0.25) is 0 Å². The number of hydrogen-bond donors (Lipinski definition) is 0. The highest BCUT2D eigenvalue weighted by Gasteiger charge is 2.25. The van der Waals surface area contributed by atoms with Crippen molar-refractivity contribution in [2.75, 3.05) is 13.2 Å². The fraction of sp³-hybridized carbons (Fsp3) is 0.538. The molecule has 8 heteroatoms. The largest absolute Gasteiger partial charge is 0.479 e. The summed E-state index contributed by atoms with van der Waals surface area (Å²) in [6, 6.07) is 0. The minimum atomic E-state index is -0.586. The summed E-state index contributed by atoms with van der Waals surface area (Å²) in [5.41, 5.74) is -0.586. The molecule has 0 bridgehead atoms. The Morgan fingerprint density at radius 3 is 2.38 bits per heavy atom. The first-order valence-corrected chi connectivity index (χ1v) is 8.55. The molecule has 0 fully saturated rings. The second-order valence-corrected chi connectivity index (χ2v) is 8.08. The Hall–Kier alpha value is -0.600. The Morgan fingerprint density at radius 1 is 1.24 bits per heavy atom. The predicted octanol–water partition coefficient (Wildman–Crippen LogP) is 4.17. The first kappa shape index (κ1) is 18.4. The topological polar surface area (TPSA) is 61.8 Å². The van der Waals surface area contributed by atoms with Crippen molar-refractivity contribution in [3.63, 3.8) is 0 Å². The van der Waals surface area contributed by atoms with Crippen LogP contribution in [-0.4, -0.2) is 30.8 Å². The summed E-state index contributed by atoms with van der Waals surface area (Å²) >= 11 is 7.79. The van der Waals surface area contributed by atoms with Gasteiger partial charge in [0.05, 0.1) is 14.9 Å². The zero-order valence-corrected chi connectivity index (χ0v) is 16.1. The van der Waals surface area contributed by atoms with Crippen LogP contribution in [0.2, 0.25) is 0 Å². The maximum absolute atomic E-state index is 11.9. The van der Waals surface area contributed by atoms with E-state index in [0.717, 1.165) is 0 Å². The molecule has 1 heterocycles. The van der Waals surface area contributed by atoms with Gasteiger partial charge in [0, 0.05) is 0 Å². The quantitative estimate of drug-likeness (QED) is 0.639. The zero-order valence-electron chi connectivity index (χ0n) is 12.1. The smallest absolute Gasteiger partial charge is 0.352 e. The van der Waals surface area contributed by atoms with E-state index in [1.807, 2.05) is 0 Å². The predicted molar refractivity (Wildman–Crippen MR) is 87.0 cm³/mol. The van der Waals surface area contributed by atoms with E-state index < -0.39 is 17.5 Å². The average Bonchev–Trinajstić information content (AvgIpc) is 2.62. The lowest BCUT2D eigenvalue weighted by Crippen LogP contribution is -2.27. The van der Waals surface area contributed by atoms with E-state index in [2.05, 4.69) is 31.9 Å². The number of ether oxygens (including phenoxy) is 3. The van der Waals surface area contributed by atoms with Crippen molar-refractivity contribution in [1.29, 1.82) is 0 Å². The fourth-order valence-corrected chi connectivity index (χ4v) is 3.44. The van der Waals surface area contributed by atoms with Crippen LogP contribution in [0.5, 0.6) is 5.75 Å². The summed E-state index contributed by atoms with van der Waals surface area (Å²) in [5, 5.41) is 0. The molecule has 5 nitrogen and oxygen atoms in total. The van der Waals surface area contributed by atoms with Crippen molar-refractivity contribution in [2.24, 2.45) is 0 Å². The maximum Gasteiger partial charge on any atom is 0.352 e. The third-order valence-electron chi connectivity index (χ3n) is 1.99. The molecule has 0 atom stereocenters. The number of carbonyl (C=O) groups is 2. The second-order valence-electron chi connectivity index (χ2n) is 4.94. The maximum atomic E-state index is 11.9. The molecule has 0 aliphatic rings. The van der Waals surface area contributed by atoms with Gasteiger partial charge in [-0.05, 0) is 59.6 Å². The molecule has 0 spiro atoms. The molecule has 21 heavy (non-hydrogen) atoms. The molecule has 0 aliphatic carbocycles. The molecule has 0 saturated heterocycles. The molecule has 0 unspecified atom stereocenters. The van der Waals surface area contributed by atoms with E-state index in [-0.39, 0.29) is 19.0 Å². The molecular formula is C13H16Br2O5S.